The largest absolute Gasteiger partial charge is 0.494 e. The van der Waals surface area contributed by atoms with Crippen molar-refractivity contribution in [2.45, 2.75) is 84.0 Å². The minimum absolute atomic E-state index is 0.794. The molecule has 0 amide bonds. The second-order valence-electron chi connectivity index (χ2n) is 11.9. The van der Waals surface area contributed by atoms with Crippen LogP contribution in [0.15, 0.2) is 104 Å². The van der Waals surface area contributed by atoms with Gasteiger partial charge >= 0.3 is 0 Å². The van der Waals surface area contributed by atoms with Crippen LogP contribution in [0.5, 0.6) is 5.75 Å². The van der Waals surface area contributed by atoms with Crippen LogP contribution < -0.4 is 4.74 Å². The number of fused-ring (bicyclic) bond motifs is 2. The van der Waals surface area contributed by atoms with Gasteiger partial charge < -0.3 is 4.74 Å². The molecule has 0 saturated heterocycles. The van der Waals surface area contributed by atoms with Gasteiger partial charge in [-0.3, -0.25) is 0 Å². The third-order valence-corrected chi connectivity index (χ3v) is 8.78. The summed E-state index contributed by atoms with van der Waals surface area (Å²) in [7, 11) is 0. The molecule has 43 heavy (non-hydrogen) atoms. The highest BCUT2D eigenvalue weighted by Gasteiger charge is 2.16. The van der Waals surface area contributed by atoms with Gasteiger partial charge in [-0.05, 0) is 67.9 Å². The van der Waals surface area contributed by atoms with Crippen molar-refractivity contribution in [3.8, 4) is 28.0 Å². The normalized spacial score (nSPS) is 11.3. The molecule has 0 heterocycles. The van der Waals surface area contributed by atoms with E-state index < -0.39 is 0 Å². The Morgan fingerprint density at radius 1 is 0.488 bits per heavy atom. The molecule has 1 nitrogen and oxygen atoms in total. The van der Waals surface area contributed by atoms with Crippen molar-refractivity contribution in [1.82, 2.24) is 0 Å². The minimum atomic E-state index is 0.794. The molecule has 1 heteroatoms. The van der Waals surface area contributed by atoms with Crippen LogP contribution in [-0.2, 0) is 0 Å². The summed E-state index contributed by atoms with van der Waals surface area (Å²) < 4.78 is 6.15. The van der Waals surface area contributed by atoms with E-state index in [1.54, 1.807) is 0 Å². The van der Waals surface area contributed by atoms with Crippen LogP contribution >= 0.6 is 0 Å². The van der Waals surface area contributed by atoms with E-state index in [0.29, 0.717) is 0 Å². The fraction of sp³-hybridized carbons (Fsp3) is 0.333. The second-order valence-corrected chi connectivity index (χ2v) is 11.9. The van der Waals surface area contributed by atoms with Crippen LogP contribution in [-0.4, -0.2) is 6.61 Å². The Kier molecular flexibility index (Phi) is 11.5. The average Bonchev–Trinajstić information content (AvgIpc) is 3.06. The molecule has 0 radical (unpaired) electrons. The van der Waals surface area contributed by atoms with Gasteiger partial charge in [-0.2, -0.15) is 0 Å². The lowest BCUT2D eigenvalue weighted by atomic mass is 9.86. The molecule has 5 aromatic rings. The van der Waals surface area contributed by atoms with Gasteiger partial charge in [0, 0.05) is 0 Å². The summed E-state index contributed by atoms with van der Waals surface area (Å²) in [6.07, 6.45) is 18.2. The maximum atomic E-state index is 6.15. The van der Waals surface area contributed by atoms with E-state index >= 15 is 0 Å². The zero-order valence-electron chi connectivity index (χ0n) is 26.1. The van der Waals surface area contributed by atoms with Gasteiger partial charge in [-0.15, -0.1) is 0 Å². The Morgan fingerprint density at radius 3 is 1.30 bits per heavy atom. The van der Waals surface area contributed by atoms with Crippen LogP contribution in [0.25, 0.3) is 49.9 Å². The summed E-state index contributed by atoms with van der Waals surface area (Å²) in [5.74, 6) is 0.958. The van der Waals surface area contributed by atoms with Gasteiger partial charge in [0.2, 0.25) is 0 Å². The molecule has 0 unspecified atom stereocenters. The van der Waals surface area contributed by atoms with E-state index in [1.807, 2.05) is 6.08 Å². The van der Waals surface area contributed by atoms with Crippen molar-refractivity contribution in [3.05, 3.63) is 109 Å². The molecule has 0 N–H and O–H groups in total. The number of rotatable bonds is 17. The minimum Gasteiger partial charge on any atom is -0.494 e. The number of benzene rings is 5. The van der Waals surface area contributed by atoms with E-state index in [-0.39, 0.29) is 0 Å². The second kappa shape index (κ2) is 16.1. The highest BCUT2D eigenvalue weighted by Crippen LogP contribution is 2.43. The van der Waals surface area contributed by atoms with E-state index in [2.05, 4.69) is 111 Å². The van der Waals surface area contributed by atoms with Crippen molar-refractivity contribution in [3.63, 3.8) is 0 Å². The fourth-order valence-electron chi connectivity index (χ4n) is 6.39. The van der Waals surface area contributed by atoms with E-state index in [4.69, 9.17) is 4.74 Å². The Balaban J connectivity index is 1.22. The van der Waals surface area contributed by atoms with E-state index in [0.717, 1.165) is 24.3 Å². The summed E-state index contributed by atoms with van der Waals surface area (Å²) in [5.41, 5.74) is 6.15. The molecule has 5 rings (SSSR count). The molecule has 0 atom stereocenters. The lowest BCUT2D eigenvalue weighted by Gasteiger charge is -2.18. The summed E-state index contributed by atoms with van der Waals surface area (Å²) in [6.45, 7) is 7.00. The molecule has 0 aliphatic heterocycles. The number of unbranched alkanes of at least 4 members (excludes halogenated alkanes) is 11. The lowest BCUT2D eigenvalue weighted by molar-refractivity contribution is 0.304. The molecular weight excluding hydrogens is 520 g/mol. The molecule has 5 aromatic carbocycles. The average molecular weight is 569 g/mol. The highest BCUT2D eigenvalue weighted by molar-refractivity contribution is 6.21. The molecule has 0 aliphatic rings. The Hall–Kier alpha value is -3.84. The molecular formula is C42H48O. The van der Waals surface area contributed by atoms with Gasteiger partial charge in [0.1, 0.15) is 5.75 Å². The molecule has 0 spiro atoms. The molecule has 0 aromatic heterocycles. The van der Waals surface area contributed by atoms with Gasteiger partial charge in [0.05, 0.1) is 6.61 Å². The highest BCUT2D eigenvalue weighted by atomic mass is 16.5. The first kappa shape index (κ1) is 30.6. The van der Waals surface area contributed by atoms with Crippen molar-refractivity contribution in [1.29, 1.82) is 0 Å². The Morgan fingerprint density at radius 2 is 0.884 bits per heavy atom. The standard InChI is InChI=1S/C42H48O/c1-3-5-6-7-8-9-10-11-12-13-14-19-32-43-36-30-28-35(29-31-36)42-39-22-17-15-20-37(39)41(38-21-16-18-23-40(38)42)34-26-24-33(4-2)25-27-34/h4,15-18,20-31H,2-3,5-14,19,32H2,1H3. The maximum absolute atomic E-state index is 6.15. The monoisotopic (exact) mass is 568 g/mol. The van der Waals surface area contributed by atoms with Gasteiger partial charge in [0.15, 0.2) is 0 Å². The zero-order chi connectivity index (χ0) is 29.7. The maximum Gasteiger partial charge on any atom is 0.119 e. The Labute approximate surface area is 259 Å². The van der Waals surface area contributed by atoms with Crippen LogP contribution in [0, 0.1) is 0 Å². The van der Waals surface area contributed by atoms with Gasteiger partial charge in [-0.25, -0.2) is 0 Å². The molecule has 0 bridgehead atoms. The number of hydrogen-bond donors (Lipinski definition) is 0. The smallest absolute Gasteiger partial charge is 0.119 e. The first-order valence-corrected chi connectivity index (χ1v) is 16.7. The topological polar surface area (TPSA) is 9.23 Å². The summed E-state index contributed by atoms with van der Waals surface area (Å²) >= 11 is 0. The third-order valence-electron chi connectivity index (χ3n) is 8.78. The molecule has 0 fully saturated rings. The number of hydrogen-bond acceptors (Lipinski definition) is 1. The van der Waals surface area contributed by atoms with Gasteiger partial charge in [-0.1, -0.05) is 175 Å². The molecule has 0 saturated carbocycles. The third kappa shape index (κ3) is 7.96. The fourth-order valence-corrected chi connectivity index (χ4v) is 6.39. The SMILES string of the molecule is C=Cc1ccc(-c2c3ccccc3c(-c3ccc(OCCCCCCCCCCCCCC)cc3)c3ccccc23)cc1. The predicted molar refractivity (Wildman–Crippen MR) is 189 cm³/mol. The lowest BCUT2D eigenvalue weighted by Crippen LogP contribution is -1.97. The Bertz CT molecular complexity index is 1520. The molecule has 222 valence electrons. The number of ether oxygens (including phenoxy) is 1. The quantitative estimate of drug-likeness (QED) is 0.0800. The first-order valence-electron chi connectivity index (χ1n) is 16.7. The van der Waals surface area contributed by atoms with E-state index in [1.165, 1.54) is 114 Å². The van der Waals surface area contributed by atoms with Crippen LogP contribution in [0.4, 0.5) is 0 Å². The van der Waals surface area contributed by atoms with Crippen molar-refractivity contribution < 1.29 is 4.74 Å². The van der Waals surface area contributed by atoms with Crippen molar-refractivity contribution in [2.75, 3.05) is 6.61 Å². The molecule has 0 aliphatic carbocycles. The van der Waals surface area contributed by atoms with Gasteiger partial charge in [0.25, 0.3) is 0 Å². The van der Waals surface area contributed by atoms with Crippen LogP contribution in [0.3, 0.4) is 0 Å². The first-order chi connectivity index (χ1) is 21.3. The van der Waals surface area contributed by atoms with Crippen molar-refractivity contribution in [2.24, 2.45) is 0 Å². The summed E-state index contributed by atoms with van der Waals surface area (Å²) in [4.78, 5) is 0. The van der Waals surface area contributed by atoms with Crippen LogP contribution in [0.2, 0.25) is 0 Å². The summed E-state index contributed by atoms with van der Waals surface area (Å²) in [6, 6.07) is 35.1. The van der Waals surface area contributed by atoms with Crippen molar-refractivity contribution >= 4 is 27.6 Å². The van der Waals surface area contributed by atoms with E-state index in [9.17, 15) is 0 Å². The summed E-state index contributed by atoms with van der Waals surface area (Å²) in [5, 5.41) is 5.09. The van der Waals surface area contributed by atoms with Crippen LogP contribution in [0.1, 0.15) is 89.5 Å². The zero-order valence-corrected chi connectivity index (χ0v) is 26.1. The predicted octanol–water partition coefficient (Wildman–Crippen LogP) is 13.0.